The van der Waals surface area contributed by atoms with E-state index in [1.54, 1.807) is 48.7 Å². The first-order valence-corrected chi connectivity index (χ1v) is 15.8. The Labute approximate surface area is 257 Å². The Morgan fingerprint density at radius 2 is 1.86 bits per heavy atom. The number of alkyl halides is 3. The first-order chi connectivity index (χ1) is 19.9. The average Bonchev–Trinajstić information content (AvgIpc) is 2.91. The molecule has 1 aromatic rings. The first-order valence-electron chi connectivity index (χ1n) is 15.0. The Bertz CT molecular complexity index is 1190. The van der Waals surface area contributed by atoms with Crippen LogP contribution in [0.25, 0.3) is 0 Å². The monoisotopic (exact) mass is 629 g/mol. The molecule has 0 aromatic heterocycles. The van der Waals surface area contributed by atoms with Crippen molar-refractivity contribution < 1.29 is 37.0 Å². The lowest BCUT2D eigenvalue weighted by atomic mass is 9.97. The molecule has 0 bridgehead atoms. The van der Waals surface area contributed by atoms with Gasteiger partial charge in [0.15, 0.2) is 0 Å². The molecular weight excluding hydrogens is 583 g/mol. The van der Waals surface area contributed by atoms with Gasteiger partial charge in [0.2, 0.25) is 5.91 Å². The van der Waals surface area contributed by atoms with Gasteiger partial charge < -0.3 is 24.2 Å². The number of likely N-dealkylation sites (tertiary alicyclic amines) is 1. The Morgan fingerprint density at radius 3 is 2.42 bits per heavy atom. The van der Waals surface area contributed by atoms with E-state index in [2.05, 4.69) is 0 Å². The smallest absolute Gasteiger partial charge is 0.417 e. The van der Waals surface area contributed by atoms with Crippen molar-refractivity contribution in [1.29, 1.82) is 0 Å². The normalized spacial score (nSPS) is 21.2. The number of unbranched alkanes of at least 4 members (excludes halogenated alkanes) is 1. The molecule has 0 saturated carbocycles. The predicted molar refractivity (Wildman–Crippen MR) is 162 cm³/mol. The van der Waals surface area contributed by atoms with E-state index < -0.39 is 51.7 Å². The lowest BCUT2D eigenvalue weighted by Crippen LogP contribution is -2.54. The Kier molecular flexibility index (Phi) is 11.1. The van der Waals surface area contributed by atoms with Crippen molar-refractivity contribution in [2.45, 2.75) is 114 Å². The van der Waals surface area contributed by atoms with Gasteiger partial charge in [-0.2, -0.15) is 13.2 Å². The maximum absolute atomic E-state index is 14.6. The third-order valence-corrected chi connectivity index (χ3v) is 9.31. The molecule has 1 saturated heterocycles. The minimum atomic E-state index is -4.80. The van der Waals surface area contributed by atoms with Gasteiger partial charge in [-0.05, 0) is 85.8 Å². The SMILES string of the molecule is CCC1(C)Sc2cc(C(F)(F)F)c(C(=O)N(C(C)C)[C@@H]3CCCN(C(=O)OC(C)(C)C)C3)cc2N(CCCCOC)C1=O. The maximum Gasteiger partial charge on any atom is 0.417 e. The molecule has 43 heavy (non-hydrogen) atoms. The summed E-state index contributed by atoms with van der Waals surface area (Å²) in [7, 11) is 1.59. The van der Waals surface area contributed by atoms with Gasteiger partial charge in [0.05, 0.1) is 27.6 Å². The number of carbonyl (C=O) groups excluding carboxylic acids is 3. The Morgan fingerprint density at radius 1 is 1.19 bits per heavy atom. The number of halogens is 3. The number of carbonyl (C=O) groups is 3. The van der Waals surface area contributed by atoms with Crippen LogP contribution in [0.1, 0.15) is 96.5 Å². The van der Waals surface area contributed by atoms with Crippen LogP contribution in [0.4, 0.5) is 23.7 Å². The molecule has 2 aliphatic heterocycles. The highest BCUT2D eigenvalue weighted by Crippen LogP contribution is 2.50. The summed E-state index contributed by atoms with van der Waals surface area (Å²) < 4.78 is 53.5. The zero-order valence-electron chi connectivity index (χ0n) is 26.6. The summed E-state index contributed by atoms with van der Waals surface area (Å²) in [5.41, 5.74) is -1.91. The van der Waals surface area contributed by atoms with Gasteiger partial charge in [0, 0.05) is 44.3 Å². The van der Waals surface area contributed by atoms with Gasteiger partial charge in [-0.25, -0.2) is 4.79 Å². The number of ether oxygens (including phenoxy) is 2. The van der Waals surface area contributed by atoms with E-state index in [0.29, 0.717) is 62.4 Å². The van der Waals surface area contributed by atoms with E-state index in [1.165, 1.54) is 20.8 Å². The van der Waals surface area contributed by atoms with Gasteiger partial charge in [-0.3, -0.25) is 9.59 Å². The number of fused-ring (bicyclic) bond motifs is 1. The van der Waals surface area contributed by atoms with Crippen molar-refractivity contribution in [3.05, 3.63) is 23.3 Å². The van der Waals surface area contributed by atoms with Crippen LogP contribution in [0, 0.1) is 0 Å². The third-order valence-electron chi connectivity index (χ3n) is 7.85. The summed E-state index contributed by atoms with van der Waals surface area (Å²) in [6, 6.07) is 1.33. The number of thioether (sulfide) groups is 1. The van der Waals surface area contributed by atoms with E-state index in [-0.39, 0.29) is 12.5 Å². The average molecular weight is 630 g/mol. The minimum Gasteiger partial charge on any atom is -0.444 e. The molecule has 1 aromatic carbocycles. The molecule has 0 aliphatic carbocycles. The molecule has 2 heterocycles. The van der Waals surface area contributed by atoms with Crippen LogP contribution in [0.15, 0.2) is 17.0 Å². The van der Waals surface area contributed by atoms with E-state index in [9.17, 15) is 27.6 Å². The summed E-state index contributed by atoms with van der Waals surface area (Å²) in [5.74, 6) is -0.967. The second-order valence-corrected chi connectivity index (χ2v) is 14.3. The highest BCUT2D eigenvalue weighted by atomic mass is 32.2. The molecule has 8 nitrogen and oxygen atoms in total. The number of anilines is 1. The number of nitrogens with zero attached hydrogens (tertiary/aromatic N) is 3. The zero-order valence-corrected chi connectivity index (χ0v) is 27.4. The molecule has 0 spiro atoms. The molecular formula is C31H46F3N3O5S. The molecule has 2 aliphatic rings. The van der Waals surface area contributed by atoms with Crippen LogP contribution in [-0.4, -0.2) is 83.5 Å². The van der Waals surface area contributed by atoms with Crippen LogP contribution in [0.5, 0.6) is 0 Å². The molecule has 0 N–H and O–H groups in total. The highest BCUT2D eigenvalue weighted by molar-refractivity contribution is 8.01. The largest absolute Gasteiger partial charge is 0.444 e. The summed E-state index contributed by atoms with van der Waals surface area (Å²) in [5, 5.41) is 0. The van der Waals surface area contributed by atoms with Crippen LogP contribution < -0.4 is 4.90 Å². The number of methoxy groups -OCH3 is 1. The van der Waals surface area contributed by atoms with Crippen LogP contribution in [0.2, 0.25) is 0 Å². The van der Waals surface area contributed by atoms with Crippen molar-refractivity contribution >= 4 is 35.4 Å². The molecule has 1 fully saturated rings. The molecule has 3 rings (SSSR count). The molecule has 12 heteroatoms. The third kappa shape index (κ3) is 8.17. The second kappa shape index (κ2) is 13.7. The van der Waals surface area contributed by atoms with Gasteiger partial charge in [-0.15, -0.1) is 11.8 Å². The number of rotatable bonds is 9. The van der Waals surface area contributed by atoms with Crippen molar-refractivity contribution in [1.82, 2.24) is 9.80 Å². The van der Waals surface area contributed by atoms with Crippen molar-refractivity contribution in [2.24, 2.45) is 0 Å². The maximum atomic E-state index is 14.6. The van der Waals surface area contributed by atoms with Gasteiger partial charge in [0.1, 0.15) is 5.60 Å². The number of hydrogen-bond donors (Lipinski definition) is 0. The van der Waals surface area contributed by atoms with Crippen molar-refractivity contribution in [3.63, 3.8) is 0 Å². The topological polar surface area (TPSA) is 79.4 Å². The highest BCUT2D eigenvalue weighted by Gasteiger charge is 2.46. The van der Waals surface area contributed by atoms with E-state index >= 15 is 0 Å². The fourth-order valence-corrected chi connectivity index (χ4v) is 6.83. The molecule has 2 atom stereocenters. The zero-order chi connectivity index (χ0) is 32.3. The van der Waals surface area contributed by atoms with Crippen LogP contribution >= 0.6 is 11.8 Å². The number of benzene rings is 1. The van der Waals surface area contributed by atoms with Crippen LogP contribution in [0.3, 0.4) is 0 Å². The quantitative estimate of drug-likeness (QED) is 0.274. The Balaban J connectivity index is 2.07. The number of amides is 3. The van der Waals surface area contributed by atoms with Gasteiger partial charge in [0.25, 0.3) is 5.91 Å². The van der Waals surface area contributed by atoms with Crippen molar-refractivity contribution in [2.75, 3.05) is 38.3 Å². The van der Waals surface area contributed by atoms with E-state index in [0.717, 1.165) is 17.8 Å². The standard InChI is InChI=1S/C31H46F3N3O5S/c1-9-30(7)27(39)36(15-10-11-16-41-8)24-17-22(23(31(32,33)34)18-25(24)43-30)26(38)37(20(2)3)21-13-12-14-35(19-21)28(40)42-29(4,5)6/h17-18,20-21H,9-16,19H2,1-8H3/t21-,30?/m1/s1. The van der Waals surface area contributed by atoms with Gasteiger partial charge >= 0.3 is 12.3 Å². The summed E-state index contributed by atoms with van der Waals surface area (Å²) in [6.07, 6.45) is -2.51. The molecule has 3 amide bonds. The first kappa shape index (κ1) is 35.0. The van der Waals surface area contributed by atoms with Crippen molar-refractivity contribution in [3.8, 4) is 0 Å². The molecule has 0 radical (unpaired) electrons. The fraction of sp³-hybridized carbons (Fsp3) is 0.710. The second-order valence-electron chi connectivity index (χ2n) is 12.7. The van der Waals surface area contributed by atoms with E-state index in [1.807, 2.05) is 6.92 Å². The predicted octanol–water partition coefficient (Wildman–Crippen LogP) is 6.99. The number of hydrogen-bond acceptors (Lipinski definition) is 6. The lowest BCUT2D eigenvalue weighted by Gasteiger charge is -2.42. The summed E-state index contributed by atoms with van der Waals surface area (Å²) >= 11 is 1.12. The minimum absolute atomic E-state index is 0.153. The molecule has 1 unspecified atom stereocenters. The Hall–Kier alpha value is -2.47. The molecule has 242 valence electrons. The summed E-state index contributed by atoms with van der Waals surface area (Å²) in [4.78, 5) is 45.5. The lowest BCUT2D eigenvalue weighted by molar-refractivity contribution is -0.138. The van der Waals surface area contributed by atoms with Crippen LogP contribution in [-0.2, 0) is 20.4 Å². The fourth-order valence-electron chi connectivity index (χ4n) is 5.55. The number of piperidine rings is 1. The van der Waals surface area contributed by atoms with E-state index in [4.69, 9.17) is 9.47 Å². The summed E-state index contributed by atoms with van der Waals surface area (Å²) in [6.45, 7) is 13.8. The van der Waals surface area contributed by atoms with Gasteiger partial charge in [-0.1, -0.05) is 6.92 Å².